The molecule has 0 saturated heterocycles. The topological polar surface area (TPSA) is 138 Å². The average Bonchev–Trinajstić information content (AvgIpc) is 3.16. The van der Waals surface area contributed by atoms with Crippen LogP contribution in [0.15, 0.2) is 119 Å². The number of fused-ring (bicyclic) bond motifs is 4. The Bertz CT molecular complexity index is 2920. The van der Waals surface area contributed by atoms with E-state index in [0.717, 1.165) is 17.2 Å². The molecule has 0 saturated carbocycles. The number of halogens is 2. The highest BCUT2D eigenvalue weighted by atomic mass is 35.5. The van der Waals surface area contributed by atoms with Crippen LogP contribution in [0.2, 0.25) is 10.0 Å². The zero-order valence-electron chi connectivity index (χ0n) is 28.6. The van der Waals surface area contributed by atoms with Crippen LogP contribution in [0.3, 0.4) is 0 Å². The van der Waals surface area contributed by atoms with E-state index in [1.807, 2.05) is 50.2 Å². The Kier molecular flexibility index (Phi) is 8.44. The molecule has 1 aromatic heterocycles. The molecule has 264 valence electrons. The van der Waals surface area contributed by atoms with Gasteiger partial charge in [-0.15, -0.1) is 0 Å². The van der Waals surface area contributed by atoms with Crippen LogP contribution in [0.1, 0.15) is 31.8 Å². The zero-order valence-corrected chi connectivity index (χ0v) is 30.1. The highest BCUT2D eigenvalue weighted by molar-refractivity contribution is 6.41. The first kappa shape index (κ1) is 34.6. The number of aromatic hydroxyl groups is 1. The molecule has 0 fully saturated rings. The van der Waals surface area contributed by atoms with Crippen molar-refractivity contribution in [2.24, 2.45) is 0 Å². The second kappa shape index (κ2) is 13.2. The van der Waals surface area contributed by atoms with Crippen molar-refractivity contribution in [2.45, 2.75) is 13.8 Å². The fourth-order valence-electron chi connectivity index (χ4n) is 7.35. The van der Waals surface area contributed by atoms with Gasteiger partial charge < -0.3 is 19.7 Å². The number of aromatic carboxylic acids is 2. The molecular formula is C44H27Cl2NO7. The summed E-state index contributed by atoms with van der Waals surface area (Å²) in [6.07, 6.45) is 3.17. The molecule has 2 heterocycles. The van der Waals surface area contributed by atoms with Gasteiger partial charge in [0.05, 0.1) is 32.3 Å². The lowest BCUT2D eigenvalue weighted by Crippen LogP contribution is -2.12. The van der Waals surface area contributed by atoms with Gasteiger partial charge in [-0.2, -0.15) is 0 Å². The molecule has 3 N–H and O–H groups in total. The predicted molar refractivity (Wildman–Crippen MR) is 211 cm³/mol. The highest BCUT2D eigenvalue weighted by Gasteiger charge is 2.34. The van der Waals surface area contributed by atoms with Gasteiger partial charge in [0, 0.05) is 51.0 Å². The standard InChI is InChI=1S/C44H27Cl2NO7/c1-21-10-3-5-13-24(21)34-40(49)28(23-12-9-17-47-20-23)18-29-32(37-36(44(52)53)31(45)19-30(38(37)46)43(50)51)33-26-15-7-8-16-27(26)39(48)35(42(33)54-41(29)34)25-14-6-4-11-22(25)2/h3-20,49H,1-2H3,(H,50,51)(H,52,53). The molecule has 0 bridgehead atoms. The Balaban J connectivity index is 1.77. The van der Waals surface area contributed by atoms with Gasteiger partial charge in [0.25, 0.3) is 0 Å². The summed E-state index contributed by atoms with van der Waals surface area (Å²) in [6, 6.07) is 27.6. The van der Waals surface area contributed by atoms with Crippen molar-refractivity contribution in [3.05, 3.63) is 152 Å². The van der Waals surface area contributed by atoms with E-state index in [-0.39, 0.29) is 65.8 Å². The number of phenols is 1. The van der Waals surface area contributed by atoms with E-state index in [9.17, 15) is 29.7 Å². The Morgan fingerprint density at radius 3 is 1.91 bits per heavy atom. The molecule has 8 nitrogen and oxygen atoms in total. The maximum absolute atomic E-state index is 14.7. The SMILES string of the molecule is Cc1ccccc1-c1c2oc3c(-c4ccccc4C)c(O)c(-c4cccnc4)cc3c(-c3c(Cl)c(C(=O)O)cc(Cl)c3C(=O)O)c-2c2ccccc2c1=O. The van der Waals surface area contributed by atoms with Gasteiger partial charge in [0.2, 0.25) is 0 Å². The van der Waals surface area contributed by atoms with Crippen LogP contribution in [0.25, 0.3) is 77.6 Å². The van der Waals surface area contributed by atoms with Crippen molar-refractivity contribution in [3.8, 4) is 61.6 Å². The lowest BCUT2D eigenvalue weighted by Gasteiger charge is -2.25. The lowest BCUT2D eigenvalue weighted by atomic mass is 9.82. The number of nitrogens with zero attached hydrogens (tertiary/aromatic N) is 1. The first-order valence-corrected chi connectivity index (χ1v) is 17.5. The van der Waals surface area contributed by atoms with Gasteiger partial charge in [0.1, 0.15) is 17.1 Å². The highest BCUT2D eigenvalue weighted by Crippen LogP contribution is 2.55. The van der Waals surface area contributed by atoms with E-state index >= 15 is 0 Å². The fourth-order valence-corrected chi connectivity index (χ4v) is 7.96. The first-order chi connectivity index (χ1) is 26.0. The van der Waals surface area contributed by atoms with Crippen molar-refractivity contribution in [1.29, 1.82) is 0 Å². The minimum absolute atomic E-state index is 0.0723. The average molecular weight is 753 g/mol. The minimum atomic E-state index is -1.47. The molecule has 6 aromatic rings. The van der Waals surface area contributed by atoms with Crippen LogP contribution < -0.4 is 5.43 Å². The van der Waals surface area contributed by atoms with Crippen LogP contribution in [0.4, 0.5) is 0 Å². The third-order valence-electron chi connectivity index (χ3n) is 9.81. The number of hydrogen-bond donors (Lipinski definition) is 3. The van der Waals surface area contributed by atoms with Crippen LogP contribution in [0.5, 0.6) is 5.75 Å². The number of hydrogen-bond acceptors (Lipinski definition) is 6. The van der Waals surface area contributed by atoms with Crippen LogP contribution in [-0.4, -0.2) is 32.2 Å². The van der Waals surface area contributed by atoms with Crippen molar-refractivity contribution in [2.75, 3.05) is 0 Å². The van der Waals surface area contributed by atoms with Crippen molar-refractivity contribution in [3.63, 3.8) is 0 Å². The van der Waals surface area contributed by atoms with Crippen LogP contribution in [0, 0.1) is 13.8 Å². The van der Waals surface area contributed by atoms with E-state index in [0.29, 0.717) is 33.0 Å². The summed E-state index contributed by atoms with van der Waals surface area (Å²) in [5.74, 6) is -2.99. The number of benzene rings is 6. The van der Waals surface area contributed by atoms with Gasteiger partial charge in [-0.3, -0.25) is 9.78 Å². The normalized spacial score (nSPS) is 11.4. The molecule has 0 radical (unpaired) electrons. The molecule has 2 aliphatic rings. The molecule has 54 heavy (non-hydrogen) atoms. The molecule has 1 aliphatic carbocycles. The maximum atomic E-state index is 14.7. The third-order valence-corrected chi connectivity index (χ3v) is 10.5. The maximum Gasteiger partial charge on any atom is 0.337 e. The van der Waals surface area contributed by atoms with Gasteiger partial charge in [-0.05, 0) is 59.7 Å². The number of pyridine rings is 1. The Labute approximate surface area is 317 Å². The smallest absolute Gasteiger partial charge is 0.337 e. The summed E-state index contributed by atoms with van der Waals surface area (Å²) in [5.41, 5.74) is 3.05. The van der Waals surface area contributed by atoms with E-state index in [1.54, 1.807) is 67.0 Å². The molecule has 0 atom stereocenters. The first-order valence-electron chi connectivity index (χ1n) is 16.7. The summed E-state index contributed by atoms with van der Waals surface area (Å²) < 4.78 is 6.98. The molecule has 0 unspecified atom stereocenters. The monoisotopic (exact) mass is 751 g/mol. The van der Waals surface area contributed by atoms with Crippen LogP contribution in [-0.2, 0) is 0 Å². The van der Waals surface area contributed by atoms with Crippen LogP contribution >= 0.6 is 23.2 Å². The number of rotatable bonds is 6. The molecule has 10 heteroatoms. The second-order valence-electron chi connectivity index (χ2n) is 12.9. The number of aromatic nitrogens is 1. The van der Waals surface area contributed by atoms with E-state index in [2.05, 4.69) is 4.98 Å². The predicted octanol–water partition coefficient (Wildman–Crippen LogP) is 11.1. The number of aryl methyl sites for hydroxylation is 2. The van der Waals surface area contributed by atoms with Gasteiger partial charge in [-0.1, -0.05) is 102 Å². The zero-order chi connectivity index (χ0) is 38.0. The molecule has 8 rings (SSSR count). The molecule has 0 spiro atoms. The summed E-state index contributed by atoms with van der Waals surface area (Å²) in [7, 11) is 0. The molecule has 0 amide bonds. The van der Waals surface area contributed by atoms with Gasteiger partial charge >= 0.3 is 11.9 Å². The van der Waals surface area contributed by atoms with E-state index < -0.39 is 23.1 Å². The molecule has 1 aliphatic heterocycles. The van der Waals surface area contributed by atoms with E-state index in [1.165, 1.54) is 0 Å². The third kappa shape index (κ3) is 5.30. The fraction of sp³-hybridized carbons (Fsp3) is 0.0455. The Morgan fingerprint density at radius 2 is 1.30 bits per heavy atom. The van der Waals surface area contributed by atoms with Crippen molar-refractivity contribution >= 4 is 56.9 Å². The number of phenolic OH excluding ortho intramolecular Hbond substituents is 1. The summed E-state index contributed by atoms with van der Waals surface area (Å²) in [6.45, 7) is 3.73. The summed E-state index contributed by atoms with van der Waals surface area (Å²) in [4.78, 5) is 44.9. The number of carboxylic acid groups (broad SMARTS) is 2. The largest absolute Gasteiger partial charge is 0.507 e. The number of carboxylic acids is 2. The quantitative estimate of drug-likeness (QED) is 0.113. The van der Waals surface area contributed by atoms with Crippen molar-refractivity contribution in [1.82, 2.24) is 4.98 Å². The number of carbonyl (C=O) groups is 2. The Morgan fingerprint density at radius 1 is 0.667 bits per heavy atom. The van der Waals surface area contributed by atoms with Gasteiger partial charge in [0.15, 0.2) is 5.43 Å². The molecule has 5 aromatic carbocycles. The van der Waals surface area contributed by atoms with Gasteiger partial charge in [-0.25, -0.2) is 9.59 Å². The second-order valence-corrected chi connectivity index (χ2v) is 13.7. The molecular weight excluding hydrogens is 725 g/mol. The minimum Gasteiger partial charge on any atom is -0.507 e. The van der Waals surface area contributed by atoms with E-state index in [4.69, 9.17) is 27.6 Å². The summed E-state index contributed by atoms with van der Waals surface area (Å²) >= 11 is 13.7. The summed E-state index contributed by atoms with van der Waals surface area (Å²) in [5, 5.41) is 33.6. The lowest BCUT2D eigenvalue weighted by molar-refractivity contribution is 0.0682. The van der Waals surface area contributed by atoms with Crippen molar-refractivity contribution < 1.29 is 29.3 Å². The Hall–Kier alpha value is -6.48.